The zero-order valence-corrected chi connectivity index (χ0v) is 16.7. The summed E-state index contributed by atoms with van der Waals surface area (Å²) < 4.78 is 40.0. The largest absolute Gasteiger partial charge is 0.419 e. The molecule has 1 aliphatic heterocycles. The molecule has 2 fully saturated rings. The molecular weight excluding hydrogens is 397 g/mol. The number of alkyl halides is 3. The second kappa shape index (κ2) is 8.63. The van der Waals surface area contributed by atoms with Crippen LogP contribution in [0.5, 0.6) is 0 Å². The summed E-state index contributed by atoms with van der Waals surface area (Å²) >= 11 is 0. The van der Waals surface area contributed by atoms with Crippen molar-refractivity contribution in [3.8, 4) is 0 Å². The number of H-pyrrole nitrogens is 1. The van der Waals surface area contributed by atoms with E-state index in [-0.39, 0.29) is 5.91 Å². The zero-order valence-electron chi connectivity index (χ0n) is 16.7. The van der Waals surface area contributed by atoms with Crippen molar-refractivity contribution >= 4 is 17.5 Å². The maximum absolute atomic E-state index is 12.7. The smallest absolute Gasteiger partial charge is 0.321 e. The van der Waals surface area contributed by atoms with Crippen molar-refractivity contribution in [2.75, 3.05) is 42.9 Å². The number of nitrogens with zero attached hydrogens (tertiary/aromatic N) is 3. The van der Waals surface area contributed by atoms with Crippen LogP contribution in [0.3, 0.4) is 0 Å². The average molecular weight is 424 g/mol. The maximum atomic E-state index is 12.7. The molecule has 1 amide bonds. The predicted molar refractivity (Wildman–Crippen MR) is 104 cm³/mol. The van der Waals surface area contributed by atoms with Crippen LogP contribution in [0.2, 0.25) is 0 Å². The Bertz CT molecular complexity index is 852. The molecule has 0 spiro atoms. The molecule has 162 valence electrons. The SMILES string of the molecule is O=C(C[NH+]1CCN(c2ccc(C(F)(F)F)c[nH+]2)CC1)Nc1ccnn1C1CCCC1. The highest BCUT2D eigenvalue weighted by molar-refractivity contribution is 5.90. The average Bonchev–Trinajstić information content (AvgIpc) is 3.39. The predicted octanol–water partition coefficient (Wildman–Crippen LogP) is 1.17. The quantitative estimate of drug-likeness (QED) is 0.758. The first-order valence-corrected chi connectivity index (χ1v) is 10.4. The van der Waals surface area contributed by atoms with Crippen LogP contribution in [0, 0.1) is 0 Å². The van der Waals surface area contributed by atoms with Gasteiger partial charge in [-0.15, -0.1) is 0 Å². The van der Waals surface area contributed by atoms with E-state index in [4.69, 9.17) is 0 Å². The van der Waals surface area contributed by atoms with E-state index in [2.05, 4.69) is 15.4 Å². The van der Waals surface area contributed by atoms with Gasteiger partial charge in [-0.05, 0) is 18.9 Å². The minimum absolute atomic E-state index is 0.0423. The van der Waals surface area contributed by atoms with Crippen LogP contribution in [0.1, 0.15) is 37.3 Å². The van der Waals surface area contributed by atoms with Crippen molar-refractivity contribution in [1.29, 1.82) is 0 Å². The lowest BCUT2D eigenvalue weighted by Gasteiger charge is -2.28. The Labute approximate surface area is 172 Å². The Morgan fingerprint density at radius 3 is 2.57 bits per heavy atom. The molecule has 7 nitrogen and oxygen atoms in total. The van der Waals surface area contributed by atoms with Crippen molar-refractivity contribution in [2.24, 2.45) is 0 Å². The van der Waals surface area contributed by atoms with Crippen LogP contribution >= 0.6 is 0 Å². The summed E-state index contributed by atoms with van der Waals surface area (Å²) in [6.45, 7) is 3.18. The fraction of sp³-hybridized carbons (Fsp3) is 0.550. The van der Waals surface area contributed by atoms with Gasteiger partial charge in [0.25, 0.3) is 11.7 Å². The van der Waals surface area contributed by atoms with E-state index in [1.807, 2.05) is 15.6 Å². The number of aromatic amines is 1. The molecule has 1 saturated heterocycles. The lowest BCUT2D eigenvalue weighted by Crippen LogP contribution is -3.15. The van der Waals surface area contributed by atoms with Crippen LogP contribution in [0.25, 0.3) is 0 Å². The summed E-state index contributed by atoms with van der Waals surface area (Å²) in [5.41, 5.74) is -0.691. The molecule has 0 radical (unpaired) electrons. The zero-order chi connectivity index (χ0) is 21.1. The van der Waals surface area contributed by atoms with E-state index in [1.54, 1.807) is 6.20 Å². The first kappa shape index (κ1) is 20.6. The topological polar surface area (TPSA) is 68.7 Å². The number of pyridine rings is 1. The summed E-state index contributed by atoms with van der Waals surface area (Å²) in [5.74, 6) is 1.37. The molecule has 0 unspecified atom stereocenters. The van der Waals surface area contributed by atoms with E-state index in [0.717, 1.165) is 48.9 Å². The highest BCUT2D eigenvalue weighted by Gasteiger charge is 2.33. The normalized spacial score (nSPS) is 18.7. The molecule has 3 N–H and O–H groups in total. The number of nitrogens with one attached hydrogen (secondary N) is 3. The third-order valence-electron chi connectivity index (χ3n) is 5.95. The standard InChI is InChI=1S/C20H25F3N6O/c21-20(22,23)15-5-6-17(24-13-15)28-11-9-27(10-12-28)14-19(30)26-18-7-8-25-29(18)16-3-1-2-4-16/h5-8,13,16H,1-4,9-12,14H2,(H,26,30)/p+2. The van der Waals surface area contributed by atoms with E-state index in [1.165, 1.54) is 18.9 Å². The lowest BCUT2D eigenvalue weighted by molar-refractivity contribution is -0.892. The fourth-order valence-electron chi connectivity index (χ4n) is 4.30. The molecule has 2 aromatic heterocycles. The molecule has 0 aromatic carbocycles. The van der Waals surface area contributed by atoms with Crippen LogP contribution < -0.4 is 20.1 Å². The summed E-state index contributed by atoms with van der Waals surface area (Å²) in [5, 5.41) is 7.37. The Balaban J connectivity index is 1.27. The summed E-state index contributed by atoms with van der Waals surface area (Å²) in [6, 6.07) is 4.76. The number of quaternary nitrogens is 1. The van der Waals surface area contributed by atoms with Gasteiger partial charge in [0, 0.05) is 12.1 Å². The highest BCUT2D eigenvalue weighted by Crippen LogP contribution is 2.31. The van der Waals surface area contributed by atoms with Gasteiger partial charge in [-0.2, -0.15) is 18.3 Å². The number of aromatic nitrogens is 3. The summed E-state index contributed by atoms with van der Waals surface area (Å²) in [6.07, 6.45) is 2.96. The number of rotatable bonds is 5. The van der Waals surface area contributed by atoms with Crippen LogP contribution in [0.4, 0.5) is 24.8 Å². The molecule has 1 saturated carbocycles. The maximum Gasteiger partial charge on any atom is 0.419 e. The third kappa shape index (κ3) is 4.75. The van der Waals surface area contributed by atoms with E-state index in [9.17, 15) is 18.0 Å². The minimum atomic E-state index is -4.35. The molecule has 1 aliphatic carbocycles. The fourth-order valence-corrected chi connectivity index (χ4v) is 4.30. The second-order valence-electron chi connectivity index (χ2n) is 8.02. The Hall–Kier alpha value is -2.62. The summed E-state index contributed by atoms with van der Waals surface area (Å²) in [4.78, 5) is 18.4. The molecule has 30 heavy (non-hydrogen) atoms. The van der Waals surface area contributed by atoms with Gasteiger partial charge in [0.15, 0.2) is 6.54 Å². The van der Waals surface area contributed by atoms with Crippen molar-refractivity contribution in [2.45, 2.75) is 37.9 Å². The lowest BCUT2D eigenvalue weighted by atomic mass is 10.2. The number of hydrogen-bond acceptors (Lipinski definition) is 3. The van der Waals surface area contributed by atoms with E-state index in [0.29, 0.717) is 31.5 Å². The van der Waals surface area contributed by atoms with Crippen LogP contribution in [0.15, 0.2) is 30.6 Å². The Kier molecular flexibility index (Phi) is 5.94. The summed E-state index contributed by atoms with van der Waals surface area (Å²) in [7, 11) is 0. The van der Waals surface area contributed by atoms with Crippen LogP contribution in [-0.2, 0) is 11.0 Å². The van der Waals surface area contributed by atoms with Gasteiger partial charge < -0.3 is 10.2 Å². The van der Waals surface area contributed by atoms with E-state index >= 15 is 0 Å². The van der Waals surface area contributed by atoms with Gasteiger partial charge in [-0.25, -0.2) is 9.67 Å². The number of hydrogen-bond donors (Lipinski definition) is 2. The van der Waals surface area contributed by atoms with Gasteiger partial charge in [0.2, 0.25) is 0 Å². The Morgan fingerprint density at radius 1 is 1.20 bits per heavy atom. The van der Waals surface area contributed by atoms with Gasteiger partial charge in [-0.3, -0.25) is 9.69 Å². The number of carbonyl (C=O) groups excluding carboxylic acids is 1. The Morgan fingerprint density at radius 2 is 1.93 bits per heavy atom. The molecule has 0 atom stereocenters. The van der Waals surface area contributed by atoms with E-state index < -0.39 is 11.7 Å². The van der Waals surface area contributed by atoms with Crippen LogP contribution in [-0.4, -0.2) is 48.4 Å². The number of piperazine rings is 1. The molecular formula is C20H27F3N6O+2. The van der Waals surface area contributed by atoms with Crippen molar-refractivity contribution < 1.29 is 27.8 Å². The van der Waals surface area contributed by atoms with Crippen molar-refractivity contribution in [3.63, 3.8) is 0 Å². The monoisotopic (exact) mass is 424 g/mol. The molecule has 2 aromatic rings. The number of anilines is 2. The van der Waals surface area contributed by atoms with Gasteiger partial charge in [0.1, 0.15) is 38.2 Å². The highest BCUT2D eigenvalue weighted by atomic mass is 19.4. The third-order valence-corrected chi connectivity index (χ3v) is 5.95. The van der Waals surface area contributed by atoms with Gasteiger partial charge >= 0.3 is 6.18 Å². The van der Waals surface area contributed by atoms with Crippen molar-refractivity contribution in [1.82, 2.24) is 9.78 Å². The number of halogens is 3. The van der Waals surface area contributed by atoms with Gasteiger partial charge in [0.05, 0.1) is 17.8 Å². The second-order valence-corrected chi connectivity index (χ2v) is 8.02. The number of amides is 1. The molecule has 4 rings (SSSR count). The molecule has 2 aliphatic rings. The first-order valence-electron chi connectivity index (χ1n) is 10.4. The van der Waals surface area contributed by atoms with Gasteiger partial charge in [-0.1, -0.05) is 12.8 Å². The van der Waals surface area contributed by atoms with Crippen molar-refractivity contribution in [3.05, 3.63) is 36.2 Å². The number of carbonyl (C=O) groups is 1. The molecule has 10 heteroatoms. The molecule has 0 bridgehead atoms. The first-order chi connectivity index (χ1) is 14.4. The molecule has 3 heterocycles. The minimum Gasteiger partial charge on any atom is -0.321 e.